The number of nitrogens with two attached hydrogens (primary N) is 1. The zero-order valence-electron chi connectivity index (χ0n) is 9.47. The van der Waals surface area contributed by atoms with E-state index in [0.29, 0.717) is 5.75 Å². The van der Waals surface area contributed by atoms with E-state index in [1.165, 1.54) is 11.8 Å². The summed E-state index contributed by atoms with van der Waals surface area (Å²) in [7, 11) is 3.22. The highest BCUT2D eigenvalue weighted by Crippen LogP contribution is 2.32. The van der Waals surface area contributed by atoms with E-state index in [1.54, 1.807) is 14.2 Å². The van der Waals surface area contributed by atoms with Crippen LogP contribution in [0.1, 0.15) is 0 Å². The zero-order chi connectivity index (χ0) is 12.0. The Kier molecular flexibility index (Phi) is 5.45. The minimum atomic E-state index is -0.489. The maximum Gasteiger partial charge on any atom is 0.136 e. The van der Waals surface area contributed by atoms with Crippen LogP contribution in [-0.4, -0.2) is 37.7 Å². The molecule has 0 amide bonds. The quantitative estimate of drug-likeness (QED) is 0.733. The average Bonchev–Trinajstić information content (AvgIpc) is 2.35. The lowest BCUT2D eigenvalue weighted by Crippen LogP contribution is -2.21. The maximum atomic E-state index is 9.37. The Morgan fingerprint density at radius 1 is 1.38 bits per heavy atom. The molecule has 0 bridgehead atoms. The Bertz CT molecular complexity index is 333. The fourth-order valence-electron chi connectivity index (χ4n) is 1.15. The van der Waals surface area contributed by atoms with Crippen LogP contribution in [0.4, 0.5) is 0 Å². The van der Waals surface area contributed by atoms with Gasteiger partial charge in [0.25, 0.3) is 0 Å². The van der Waals surface area contributed by atoms with Gasteiger partial charge in [-0.05, 0) is 12.1 Å². The first-order valence-corrected chi connectivity index (χ1v) is 5.92. The van der Waals surface area contributed by atoms with E-state index in [2.05, 4.69) is 0 Å². The van der Waals surface area contributed by atoms with Crippen LogP contribution in [-0.2, 0) is 0 Å². The number of aliphatic hydroxyl groups is 1. The van der Waals surface area contributed by atoms with Crippen LogP contribution in [0.5, 0.6) is 11.5 Å². The lowest BCUT2D eigenvalue weighted by Gasteiger charge is -2.11. The third kappa shape index (κ3) is 3.59. The number of ether oxygens (including phenoxy) is 2. The smallest absolute Gasteiger partial charge is 0.136 e. The maximum absolute atomic E-state index is 9.37. The summed E-state index contributed by atoms with van der Waals surface area (Å²) >= 11 is 1.51. The van der Waals surface area contributed by atoms with Crippen molar-refractivity contribution in [2.45, 2.75) is 11.0 Å². The van der Waals surface area contributed by atoms with Gasteiger partial charge >= 0.3 is 0 Å². The van der Waals surface area contributed by atoms with Crippen molar-refractivity contribution < 1.29 is 14.6 Å². The van der Waals surface area contributed by atoms with Gasteiger partial charge in [-0.3, -0.25) is 0 Å². The van der Waals surface area contributed by atoms with Crippen LogP contribution in [0.3, 0.4) is 0 Å². The minimum absolute atomic E-state index is 0.269. The van der Waals surface area contributed by atoms with Crippen molar-refractivity contribution in [1.82, 2.24) is 0 Å². The van der Waals surface area contributed by atoms with Crippen molar-refractivity contribution in [1.29, 1.82) is 0 Å². The second-order valence-electron chi connectivity index (χ2n) is 3.22. The molecule has 1 unspecified atom stereocenters. The Morgan fingerprint density at radius 2 is 2.12 bits per heavy atom. The fraction of sp³-hybridized carbons (Fsp3) is 0.455. The predicted molar refractivity (Wildman–Crippen MR) is 65.3 cm³/mol. The molecule has 1 aromatic rings. The molecule has 0 radical (unpaired) electrons. The average molecular weight is 243 g/mol. The molecule has 0 aromatic heterocycles. The molecule has 0 fully saturated rings. The van der Waals surface area contributed by atoms with E-state index in [1.807, 2.05) is 18.2 Å². The van der Waals surface area contributed by atoms with E-state index in [4.69, 9.17) is 15.2 Å². The van der Waals surface area contributed by atoms with Gasteiger partial charge in [0.05, 0.1) is 20.3 Å². The van der Waals surface area contributed by atoms with Crippen LogP contribution in [0, 0.1) is 0 Å². The largest absolute Gasteiger partial charge is 0.497 e. The molecule has 3 N–H and O–H groups in total. The van der Waals surface area contributed by atoms with Gasteiger partial charge in [0.2, 0.25) is 0 Å². The zero-order valence-corrected chi connectivity index (χ0v) is 10.3. The first kappa shape index (κ1) is 13.2. The lowest BCUT2D eigenvalue weighted by molar-refractivity contribution is 0.208. The van der Waals surface area contributed by atoms with Crippen molar-refractivity contribution in [2.24, 2.45) is 5.73 Å². The van der Waals surface area contributed by atoms with E-state index < -0.39 is 6.10 Å². The van der Waals surface area contributed by atoms with Crippen molar-refractivity contribution in [3.63, 3.8) is 0 Å². The van der Waals surface area contributed by atoms with E-state index in [-0.39, 0.29) is 6.54 Å². The first-order chi connectivity index (χ1) is 7.71. The molecule has 1 rings (SSSR count). The third-order valence-corrected chi connectivity index (χ3v) is 3.27. The van der Waals surface area contributed by atoms with Crippen LogP contribution in [0.15, 0.2) is 23.1 Å². The lowest BCUT2D eigenvalue weighted by atomic mass is 10.3. The SMILES string of the molecule is COc1ccc(SCC(O)CN)c(OC)c1. The molecule has 0 spiro atoms. The van der Waals surface area contributed by atoms with Crippen molar-refractivity contribution in [3.05, 3.63) is 18.2 Å². The molecule has 1 atom stereocenters. The Labute approximate surface area is 99.7 Å². The third-order valence-electron chi connectivity index (χ3n) is 2.07. The number of aliphatic hydroxyl groups excluding tert-OH is 1. The van der Waals surface area contributed by atoms with Crippen LogP contribution < -0.4 is 15.2 Å². The summed E-state index contributed by atoms with van der Waals surface area (Å²) < 4.78 is 10.3. The Morgan fingerprint density at radius 3 is 2.69 bits per heavy atom. The van der Waals surface area contributed by atoms with Crippen molar-refractivity contribution >= 4 is 11.8 Å². The molecule has 90 valence electrons. The van der Waals surface area contributed by atoms with Gasteiger partial charge < -0.3 is 20.3 Å². The van der Waals surface area contributed by atoms with E-state index >= 15 is 0 Å². The highest BCUT2D eigenvalue weighted by atomic mass is 32.2. The minimum Gasteiger partial charge on any atom is -0.497 e. The van der Waals surface area contributed by atoms with Crippen molar-refractivity contribution in [3.8, 4) is 11.5 Å². The molecule has 0 saturated carbocycles. The summed E-state index contributed by atoms with van der Waals surface area (Å²) in [5, 5.41) is 9.37. The van der Waals surface area contributed by atoms with E-state index in [9.17, 15) is 5.11 Å². The van der Waals surface area contributed by atoms with Gasteiger partial charge in [0, 0.05) is 23.3 Å². The fourth-order valence-corrected chi connectivity index (χ4v) is 2.10. The molecular formula is C11H17NO3S. The number of hydrogen-bond donors (Lipinski definition) is 2. The molecule has 0 aliphatic heterocycles. The van der Waals surface area contributed by atoms with Crippen LogP contribution in [0.25, 0.3) is 0 Å². The summed E-state index contributed by atoms with van der Waals surface area (Å²) in [5.74, 6) is 2.05. The second kappa shape index (κ2) is 6.62. The summed E-state index contributed by atoms with van der Waals surface area (Å²) in [4.78, 5) is 0.968. The van der Waals surface area contributed by atoms with Crippen molar-refractivity contribution in [2.75, 3.05) is 26.5 Å². The van der Waals surface area contributed by atoms with Gasteiger partial charge in [0.1, 0.15) is 11.5 Å². The van der Waals surface area contributed by atoms with Crippen LogP contribution in [0.2, 0.25) is 0 Å². The monoisotopic (exact) mass is 243 g/mol. The molecule has 4 nitrogen and oxygen atoms in total. The number of thioether (sulfide) groups is 1. The molecular weight excluding hydrogens is 226 g/mol. The highest BCUT2D eigenvalue weighted by Gasteiger charge is 2.08. The number of hydrogen-bond acceptors (Lipinski definition) is 5. The van der Waals surface area contributed by atoms with Gasteiger partial charge in [0.15, 0.2) is 0 Å². The molecule has 1 aromatic carbocycles. The first-order valence-electron chi connectivity index (χ1n) is 4.94. The summed E-state index contributed by atoms with van der Waals surface area (Å²) in [6, 6.07) is 5.59. The number of rotatable bonds is 6. The van der Waals surface area contributed by atoms with E-state index in [0.717, 1.165) is 16.4 Å². The predicted octanol–water partition coefficient (Wildman–Crippen LogP) is 1.12. The topological polar surface area (TPSA) is 64.7 Å². The molecule has 0 heterocycles. The normalized spacial score (nSPS) is 12.2. The summed E-state index contributed by atoms with van der Waals surface area (Å²) in [6.45, 7) is 0.269. The highest BCUT2D eigenvalue weighted by molar-refractivity contribution is 7.99. The second-order valence-corrected chi connectivity index (χ2v) is 4.28. The Balaban J connectivity index is 2.71. The summed E-state index contributed by atoms with van der Waals surface area (Å²) in [6.07, 6.45) is -0.489. The van der Waals surface area contributed by atoms with Gasteiger partial charge in [-0.2, -0.15) is 0 Å². The molecule has 0 saturated heterocycles. The molecule has 0 aliphatic carbocycles. The Hall–Kier alpha value is -0.910. The molecule has 0 aliphatic rings. The molecule has 5 heteroatoms. The number of benzene rings is 1. The molecule has 16 heavy (non-hydrogen) atoms. The standard InChI is InChI=1S/C11H17NO3S/c1-14-9-3-4-11(10(5-9)15-2)16-7-8(13)6-12/h3-5,8,13H,6-7,12H2,1-2H3. The van der Waals surface area contributed by atoms with Gasteiger partial charge in [-0.15, -0.1) is 11.8 Å². The number of methoxy groups -OCH3 is 2. The summed E-state index contributed by atoms with van der Waals surface area (Å²) in [5.41, 5.74) is 5.34. The van der Waals surface area contributed by atoms with Crippen LogP contribution >= 0.6 is 11.8 Å². The van der Waals surface area contributed by atoms with Gasteiger partial charge in [-0.25, -0.2) is 0 Å². The van der Waals surface area contributed by atoms with Gasteiger partial charge in [-0.1, -0.05) is 0 Å².